The molecule has 9 heteroatoms. The van der Waals surface area contributed by atoms with Crippen LogP contribution in [0.3, 0.4) is 0 Å². The fraction of sp³-hybridized carbons (Fsp3) is 0.424. The summed E-state index contributed by atoms with van der Waals surface area (Å²) in [7, 11) is 1.38. The average Bonchev–Trinajstić information content (AvgIpc) is 2.92. The lowest BCUT2D eigenvalue weighted by atomic mass is 10.0. The van der Waals surface area contributed by atoms with E-state index >= 15 is 0 Å². The van der Waals surface area contributed by atoms with Gasteiger partial charge in [0.2, 0.25) is 5.91 Å². The molecule has 0 spiro atoms. The van der Waals surface area contributed by atoms with Gasteiger partial charge in [0.1, 0.15) is 17.7 Å². The van der Waals surface area contributed by atoms with E-state index in [4.69, 9.17) is 9.47 Å². The van der Waals surface area contributed by atoms with Crippen molar-refractivity contribution >= 4 is 29.3 Å². The van der Waals surface area contributed by atoms with E-state index in [0.29, 0.717) is 29.2 Å². The van der Waals surface area contributed by atoms with Gasteiger partial charge in [-0.05, 0) is 64.3 Å². The van der Waals surface area contributed by atoms with Gasteiger partial charge in [0.25, 0.3) is 0 Å². The standard InChI is InChI=1S/C33H42N4O5/c1-23(2)22-29(31(39)41-7)37-28-19-11-9-15-26(28)16-12-20-34-30(38)24(3)36-27-18-10-8-14-25(27)17-13-21-35-32(40)42-33(4,5)6/h8-11,14-15,18-19,23-24,29,36-37H,20-22H2,1-7H3,(H,34,38)(H,35,40)/t24-,29-/m1/s1. The van der Waals surface area contributed by atoms with Crippen LogP contribution >= 0.6 is 0 Å². The third-order valence-corrected chi connectivity index (χ3v) is 5.66. The predicted octanol–water partition coefficient (Wildman–Crippen LogP) is 4.53. The smallest absolute Gasteiger partial charge is 0.408 e. The van der Waals surface area contributed by atoms with Crippen molar-refractivity contribution < 1.29 is 23.9 Å². The molecular formula is C33H42N4O5. The highest BCUT2D eigenvalue weighted by Gasteiger charge is 2.21. The summed E-state index contributed by atoms with van der Waals surface area (Å²) < 4.78 is 10.2. The normalized spacial score (nSPS) is 11.9. The summed E-state index contributed by atoms with van der Waals surface area (Å²) in [6.45, 7) is 11.5. The van der Waals surface area contributed by atoms with Crippen LogP contribution in [0.2, 0.25) is 0 Å². The fourth-order valence-electron chi connectivity index (χ4n) is 3.74. The molecule has 42 heavy (non-hydrogen) atoms. The minimum atomic E-state index is -0.583. The number of carbonyl (C=O) groups excluding carboxylic acids is 3. The number of rotatable bonds is 10. The Balaban J connectivity index is 1.96. The summed E-state index contributed by atoms with van der Waals surface area (Å²) in [5.41, 5.74) is 2.23. The van der Waals surface area contributed by atoms with Crippen LogP contribution in [0.15, 0.2) is 48.5 Å². The van der Waals surface area contributed by atoms with Crippen molar-refractivity contribution in [3.8, 4) is 23.7 Å². The van der Waals surface area contributed by atoms with Gasteiger partial charge in [-0.25, -0.2) is 9.59 Å². The van der Waals surface area contributed by atoms with Crippen LogP contribution in [0, 0.1) is 29.6 Å². The first kappa shape index (κ1) is 33.6. The fourth-order valence-corrected chi connectivity index (χ4v) is 3.74. The monoisotopic (exact) mass is 574 g/mol. The predicted molar refractivity (Wildman–Crippen MR) is 166 cm³/mol. The molecule has 0 fully saturated rings. The van der Waals surface area contributed by atoms with Gasteiger partial charge in [-0.1, -0.05) is 61.8 Å². The van der Waals surface area contributed by atoms with Crippen LogP contribution in [-0.4, -0.2) is 55.9 Å². The topological polar surface area (TPSA) is 118 Å². The van der Waals surface area contributed by atoms with Gasteiger partial charge in [-0.15, -0.1) is 0 Å². The largest absolute Gasteiger partial charge is 0.467 e. The molecule has 9 nitrogen and oxygen atoms in total. The first-order valence-electron chi connectivity index (χ1n) is 13.9. The lowest BCUT2D eigenvalue weighted by Gasteiger charge is -2.20. The van der Waals surface area contributed by atoms with Crippen LogP contribution in [0.25, 0.3) is 0 Å². The summed E-state index contributed by atoms with van der Waals surface area (Å²) in [6, 6.07) is 13.8. The molecule has 4 N–H and O–H groups in total. The van der Waals surface area contributed by atoms with E-state index in [2.05, 4.69) is 44.9 Å². The minimum absolute atomic E-state index is 0.123. The Kier molecular flexibility index (Phi) is 13.3. The van der Waals surface area contributed by atoms with Crippen molar-refractivity contribution in [3.63, 3.8) is 0 Å². The van der Waals surface area contributed by atoms with Gasteiger partial charge in [0, 0.05) is 11.1 Å². The number of ether oxygens (including phenoxy) is 2. The minimum Gasteiger partial charge on any atom is -0.467 e. The van der Waals surface area contributed by atoms with Gasteiger partial charge in [0.05, 0.1) is 31.6 Å². The van der Waals surface area contributed by atoms with E-state index in [-0.39, 0.29) is 25.0 Å². The number of carbonyl (C=O) groups is 3. The molecule has 0 aliphatic rings. The summed E-state index contributed by atoms with van der Waals surface area (Å²) in [6.07, 6.45) is 0.0837. The number of esters is 1. The number of alkyl carbamates (subject to hydrolysis) is 1. The molecule has 0 aliphatic heterocycles. The van der Waals surface area contributed by atoms with E-state index in [9.17, 15) is 14.4 Å². The first-order chi connectivity index (χ1) is 19.9. The Hall–Kier alpha value is -4.63. The van der Waals surface area contributed by atoms with Gasteiger partial charge in [-0.3, -0.25) is 4.79 Å². The van der Waals surface area contributed by atoms with Gasteiger partial charge in [0.15, 0.2) is 0 Å². The zero-order valence-electron chi connectivity index (χ0n) is 25.5. The molecule has 0 unspecified atom stereocenters. The van der Waals surface area contributed by atoms with Crippen LogP contribution in [-0.2, 0) is 19.1 Å². The molecule has 2 atom stereocenters. The number of methoxy groups -OCH3 is 1. The van der Waals surface area contributed by atoms with Gasteiger partial charge < -0.3 is 30.7 Å². The van der Waals surface area contributed by atoms with Crippen molar-refractivity contribution in [2.24, 2.45) is 5.92 Å². The van der Waals surface area contributed by atoms with Crippen molar-refractivity contribution in [1.82, 2.24) is 10.6 Å². The van der Waals surface area contributed by atoms with E-state index in [0.717, 1.165) is 5.69 Å². The molecule has 0 saturated heterocycles. The van der Waals surface area contributed by atoms with Gasteiger partial charge in [-0.2, -0.15) is 0 Å². The summed E-state index contributed by atoms with van der Waals surface area (Å²) in [5, 5.41) is 11.9. The molecule has 0 bridgehead atoms. The Morgan fingerprint density at radius 1 is 0.810 bits per heavy atom. The van der Waals surface area contributed by atoms with E-state index in [1.807, 2.05) is 62.4 Å². The van der Waals surface area contributed by atoms with Crippen molar-refractivity contribution in [2.45, 2.75) is 65.6 Å². The Morgan fingerprint density at radius 3 is 1.86 bits per heavy atom. The molecule has 2 amide bonds. The zero-order chi connectivity index (χ0) is 31.1. The van der Waals surface area contributed by atoms with E-state index < -0.39 is 23.8 Å². The maximum Gasteiger partial charge on any atom is 0.408 e. The van der Waals surface area contributed by atoms with E-state index in [1.165, 1.54) is 7.11 Å². The SMILES string of the molecule is COC(=O)[C@@H](CC(C)C)Nc1ccccc1C#CCNC(=O)[C@@H](C)Nc1ccccc1C#CCNC(=O)OC(C)(C)C. The van der Waals surface area contributed by atoms with Crippen LogP contribution in [0.5, 0.6) is 0 Å². The molecule has 224 valence electrons. The maximum absolute atomic E-state index is 12.7. The first-order valence-corrected chi connectivity index (χ1v) is 13.9. The summed E-state index contributed by atoms with van der Waals surface area (Å²) >= 11 is 0. The zero-order valence-corrected chi connectivity index (χ0v) is 25.5. The molecule has 0 saturated carbocycles. The lowest BCUT2D eigenvalue weighted by Crippen LogP contribution is -2.37. The third kappa shape index (κ3) is 12.3. The number of hydrogen-bond acceptors (Lipinski definition) is 7. The molecule has 0 heterocycles. The van der Waals surface area contributed by atoms with E-state index in [1.54, 1.807) is 27.7 Å². The maximum atomic E-state index is 12.7. The highest BCUT2D eigenvalue weighted by molar-refractivity contribution is 5.85. The lowest BCUT2D eigenvalue weighted by molar-refractivity contribution is -0.141. The van der Waals surface area contributed by atoms with Crippen LogP contribution < -0.4 is 21.3 Å². The quantitative estimate of drug-likeness (QED) is 0.243. The average molecular weight is 575 g/mol. The highest BCUT2D eigenvalue weighted by Crippen LogP contribution is 2.19. The number of nitrogens with one attached hydrogen (secondary N) is 4. The van der Waals surface area contributed by atoms with Crippen molar-refractivity contribution in [3.05, 3.63) is 59.7 Å². The number of benzene rings is 2. The number of amides is 2. The van der Waals surface area contributed by atoms with Gasteiger partial charge >= 0.3 is 12.1 Å². The molecule has 0 aliphatic carbocycles. The summed E-state index contributed by atoms with van der Waals surface area (Å²) in [5.74, 6) is 11.7. The second kappa shape index (κ2) is 16.6. The number of hydrogen-bond donors (Lipinski definition) is 4. The second-order valence-electron chi connectivity index (χ2n) is 11.0. The van der Waals surface area contributed by atoms with Crippen molar-refractivity contribution in [1.29, 1.82) is 0 Å². The Labute approximate surface area is 249 Å². The Bertz CT molecular complexity index is 1340. The second-order valence-corrected chi connectivity index (χ2v) is 11.0. The molecule has 0 aromatic heterocycles. The molecular weight excluding hydrogens is 532 g/mol. The highest BCUT2D eigenvalue weighted by atomic mass is 16.6. The third-order valence-electron chi connectivity index (χ3n) is 5.66. The van der Waals surface area contributed by atoms with Crippen LogP contribution in [0.4, 0.5) is 16.2 Å². The molecule has 2 rings (SSSR count). The number of anilines is 2. The van der Waals surface area contributed by atoms with Crippen LogP contribution in [0.1, 0.15) is 59.1 Å². The van der Waals surface area contributed by atoms with Crippen molar-refractivity contribution in [2.75, 3.05) is 30.8 Å². The molecule has 2 aromatic rings. The molecule has 2 aromatic carbocycles. The summed E-state index contributed by atoms with van der Waals surface area (Å²) in [4.78, 5) is 36.8. The Morgan fingerprint density at radius 2 is 1.33 bits per heavy atom. The molecule has 0 radical (unpaired) electrons. The number of para-hydroxylation sites is 2.